The number of nitrogens with zero attached hydrogens (tertiary/aromatic N) is 3. The van der Waals surface area contributed by atoms with E-state index in [1.54, 1.807) is 12.1 Å². The van der Waals surface area contributed by atoms with Crippen LogP contribution in [-0.2, 0) is 0 Å². The summed E-state index contributed by atoms with van der Waals surface area (Å²) in [6.07, 6.45) is 0. The summed E-state index contributed by atoms with van der Waals surface area (Å²) in [6.45, 7) is 1.83. The Labute approximate surface area is 146 Å². The van der Waals surface area contributed by atoms with Crippen LogP contribution in [0.1, 0.15) is 5.82 Å². The molecule has 2 aromatic carbocycles. The first-order valence-electron chi connectivity index (χ1n) is 7.92. The molecular formula is C19H20FN5. The van der Waals surface area contributed by atoms with Crippen molar-refractivity contribution in [2.75, 3.05) is 29.6 Å². The molecule has 0 bridgehead atoms. The Hall–Kier alpha value is -3.15. The number of halogens is 1. The quantitative estimate of drug-likeness (QED) is 0.719. The smallest absolute Gasteiger partial charge is 0.136 e. The first-order valence-corrected chi connectivity index (χ1v) is 7.92. The van der Waals surface area contributed by atoms with Crippen molar-refractivity contribution in [1.29, 1.82) is 0 Å². The number of hydrogen-bond donors (Lipinski definition) is 2. The van der Waals surface area contributed by atoms with Crippen molar-refractivity contribution < 1.29 is 4.39 Å². The summed E-state index contributed by atoms with van der Waals surface area (Å²) in [6, 6.07) is 16.0. The average molecular weight is 337 g/mol. The second kappa shape index (κ2) is 7.17. The molecule has 0 spiro atoms. The molecule has 0 radical (unpaired) electrons. The van der Waals surface area contributed by atoms with Gasteiger partial charge in [-0.3, -0.25) is 0 Å². The number of benzene rings is 2. The third-order valence-electron chi connectivity index (χ3n) is 3.61. The van der Waals surface area contributed by atoms with Gasteiger partial charge in [-0.1, -0.05) is 0 Å². The van der Waals surface area contributed by atoms with Crippen LogP contribution in [-0.4, -0.2) is 24.1 Å². The van der Waals surface area contributed by atoms with Crippen LogP contribution < -0.4 is 15.5 Å². The van der Waals surface area contributed by atoms with Crippen LogP contribution in [0.5, 0.6) is 0 Å². The van der Waals surface area contributed by atoms with Crippen LogP contribution >= 0.6 is 0 Å². The zero-order valence-corrected chi connectivity index (χ0v) is 14.4. The number of nitrogens with one attached hydrogen (secondary N) is 2. The maximum absolute atomic E-state index is 13.0. The molecule has 25 heavy (non-hydrogen) atoms. The van der Waals surface area contributed by atoms with Gasteiger partial charge in [-0.15, -0.1) is 0 Å². The normalized spacial score (nSPS) is 10.4. The summed E-state index contributed by atoms with van der Waals surface area (Å²) in [5.74, 6) is 1.70. The molecule has 0 aliphatic carbocycles. The fourth-order valence-corrected chi connectivity index (χ4v) is 2.37. The van der Waals surface area contributed by atoms with E-state index in [1.807, 2.05) is 56.3 Å². The Morgan fingerprint density at radius 1 is 0.800 bits per heavy atom. The van der Waals surface area contributed by atoms with E-state index in [0.717, 1.165) is 17.1 Å². The van der Waals surface area contributed by atoms with Gasteiger partial charge in [0.15, 0.2) is 0 Å². The highest BCUT2D eigenvalue weighted by atomic mass is 19.1. The minimum Gasteiger partial charge on any atom is -0.378 e. The summed E-state index contributed by atoms with van der Waals surface area (Å²) >= 11 is 0. The van der Waals surface area contributed by atoms with Gasteiger partial charge >= 0.3 is 0 Å². The zero-order chi connectivity index (χ0) is 17.8. The molecule has 1 heterocycles. The molecule has 0 fully saturated rings. The van der Waals surface area contributed by atoms with E-state index in [9.17, 15) is 4.39 Å². The third kappa shape index (κ3) is 4.44. The van der Waals surface area contributed by atoms with Crippen molar-refractivity contribution in [1.82, 2.24) is 9.97 Å². The highest BCUT2D eigenvalue weighted by molar-refractivity contribution is 5.64. The second-order valence-electron chi connectivity index (χ2n) is 5.88. The van der Waals surface area contributed by atoms with Crippen molar-refractivity contribution in [2.24, 2.45) is 0 Å². The van der Waals surface area contributed by atoms with Gasteiger partial charge in [0.1, 0.15) is 23.3 Å². The molecule has 0 atom stereocenters. The third-order valence-corrected chi connectivity index (χ3v) is 3.61. The number of anilines is 5. The minimum absolute atomic E-state index is 0.270. The summed E-state index contributed by atoms with van der Waals surface area (Å²) in [7, 11) is 4.01. The number of aryl methyl sites for hydroxylation is 1. The van der Waals surface area contributed by atoms with E-state index in [1.165, 1.54) is 12.1 Å². The Balaban J connectivity index is 1.77. The lowest BCUT2D eigenvalue weighted by atomic mass is 10.2. The molecule has 0 saturated heterocycles. The monoisotopic (exact) mass is 337 g/mol. The van der Waals surface area contributed by atoms with Crippen molar-refractivity contribution in [3.05, 3.63) is 66.2 Å². The van der Waals surface area contributed by atoms with Gasteiger partial charge in [0, 0.05) is 37.2 Å². The fraction of sp³-hybridized carbons (Fsp3) is 0.158. The largest absolute Gasteiger partial charge is 0.378 e. The molecule has 6 heteroatoms. The predicted molar refractivity (Wildman–Crippen MR) is 101 cm³/mol. The Morgan fingerprint density at radius 2 is 1.28 bits per heavy atom. The highest BCUT2D eigenvalue weighted by Crippen LogP contribution is 2.22. The van der Waals surface area contributed by atoms with Crippen LogP contribution in [0.3, 0.4) is 0 Å². The Morgan fingerprint density at radius 3 is 1.76 bits per heavy atom. The van der Waals surface area contributed by atoms with Crippen molar-refractivity contribution in [3.63, 3.8) is 0 Å². The molecule has 5 nitrogen and oxygen atoms in total. The summed E-state index contributed by atoms with van der Waals surface area (Å²) in [5, 5.41) is 6.43. The van der Waals surface area contributed by atoms with E-state index in [-0.39, 0.29) is 5.82 Å². The number of rotatable bonds is 5. The van der Waals surface area contributed by atoms with Crippen molar-refractivity contribution >= 4 is 28.7 Å². The van der Waals surface area contributed by atoms with Crippen LogP contribution in [0.25, 0.3) is 0 Å². The van der Waals surface area contributed by atoms with Gasteiger partial charge in [0.05, 0.1) is 0 Å². The SMILES string of the molecule is Cc1nc(Nc2ccc(F)cc2)cc(Nc2ccc(N(C)C)cc2)n1. The molecule has 0 amide bonds. The molecule has 0 aliphatic rings. The van der Waals surface area contributed by atoms with E-state index in [2.05, 4.69) is 20.6 Å². The minimum atomic E-state index is -0.270. The maximum atomic E-state index is 13.0. The van der Waals surface area contributed by atoms with Crippen molar-refractivity contribution in [2.45, 2.75) is 6.92 Å². The summed E-state index contributed by atoms with van der Waals surface area (Å²) in [4.78, 5) is 10.8. The molecule has 0 saturated carbocycles. The zero-order valence-electron chi connectivity index (χ0n) is 14.4. The molecule has 3 aromatic rings. The maximum Gasteiger partial charge on any atom is 0.136 e. The topological polar surface area (TPSA) is 53.1 Å². The Kier molecular flexibility index (Phi) is 4.79. The molecule has 3 rings (SSSR count). The van der Waals surface area contributed by atoms with Crippen molar-refractivity contribution in [3.8, 4) is 0 Å². The van der Waals surface area contributed by atoms with Crippen LogP contribution in [0.2, 0.25) is 0 Å². The lowest BCUT2D eigenvalue weighted by Crippen LogP contribution is -2.08. The lowest BCUT2D eigenvalue weighted by Gasteiger charge is -2.14. The van der Waals surface area contributed by atoms with Crippen LogP contribution in [0.15, 0.2) is 54.6 Å². The highest BCUT2D eigenvalue weighted by Gasteiger charge is 2.04. The predicted octanol–water partition coefficient (Wildman–Crippen LogP) is 4.48. The van der Waals surface area contributed by atoms with Gasteiger partial charge < -0.3 is 15.5 Å². The van der Waals surface area contributed by atoms with E-state index < -0.39 is 0 Å². The molecule has 0 unspecified atom stereocenters. The van der Waals surface area contributed by atoms with E-state index >= 15 is 0 Å². The summed E-state index contributed by atoms with van der Waals surface area (Å²) in [5.41, 5.74) is 2.83. The Bertz CT molecular complexity index is 845. The average Bonchev–Trinajstić information content (AvgIpc) is 2.57. The first kappa shape index (κ1) is 16.7. The van der Waals surface area contributed by atoms with Crippen LogP contribution in [0, 0.1) is 12.7 Å². The van der Waals surface area contributed by atoms with E-state index in [4.69, 9.17) is 0 Å². The number of hydrogen-bond acceptors (Lipinski definition) is 5. The molecule has 0 aliphatic heterocycles. The second-order valence-corrected chi connectivity index (χ2v) is 5.88. The van der Waals surface area contributed by atoms with Gasteiger partial charge in [-0.2, -0.15) is 0 Å². The van der Waals surface area contributed by atoms with Gasteiger partial charge in [0.2, 0.25) is 0 Å². The molecular weight excluding hydrogens is 317 g/mol. The van der Waals surface area contributed by atoms with Gasteiger partial charge in [-0.25, -0.2) is 14.4 Å². The standard InChI is InChI=1S/C19H20FN5/c1-13-21-18(23-15-6-4-14(20)5-7-15)12-19(22-13)24-16-8-10-17(11-9-16)25(2)3/h4-12H,1-3H3,(H2,21,22,23,24). The van der Waals surface area contributed by atoms with Crippen LogP contribution in [0.4, 0.5) is 33.1 Å². The molecule has 2 N–H and O–H groups in total. The van der Waals surface area contributed by atoms with Gasteiger partial charge in [0.25, 0.3) is 0 Å². The lowest BCUT2D eigenvalue weighted by molar-refractivity contribution is 0.628. The number of aromatic nitrogens is 2. The summed E-state index contributed by atoms with van der Waals surface area (Å²) < 4.78 is 13.0. The fourth-order valence-electron chi connectivity index (χ4n) is 2.37. The molecule has 1 aromatic heterocycles. The first-order chi connectivity index (χ1) is 12.0. The van der Waals surface area contributed by atoms with E-state index in [0.29, 0.717) is 17.5 Å². The van der Waals surface area contributed by atoms with Gasteiger partial charge in [-0.05, 0) is 55.5 Å². The molecule has 128 valence electrons.